The minimum absolute atomic E-state index is 0.664. The summed E-state index contributed by atoms with van der Waals surface area (Å²) in [5.74, 6) is 0. The fraction of sp³-hybridized carbons (Fsp3) is 0.600. The van der Waals surface area contributed by atoms with Crippen molar-refractivity contribution in [1.82, 2.24) is 10.2 Å². The Kier molecular flexibility index (Phi) is 2.59. The van der Waals surface area contributed by atoms with Crippen molar-refractivity contribution in [2.75, 3.05) is 26.2 Å². The summed E-state index contributed by atoms with van der Waals surface area (Å²) in [5, 5.41) is 3.37. The molecular formula is C10H16N2. The average Bonchev–Trinajstić information content (AvgIpc) is 2.21. The van der Waals surface area contributed by atoms with Gasteiger partial charge in [0, 0.05) is 32.2 Å². The Morgan fingerprint density at radius 1 is 1.17 bits per heavy atom. The first-order chi connectivity index (χ1) is 5.97. The molecule has 1 aliphatic heterocycles. The van der Waals surface area contributed by atoms with Gasteiger partial charge in [0.25, 0.3) is 0 Å². The van der Waals surface area contributed by atoms with Crippen molar-refractivity contribution < 1.29 is 0 Å². The Morgan fingerprint density at radius 2 is 2.00 bits per heavy atom. The highest BCUT2D eigenvalue weighted by Gasteiger charge is 2.17. The van der Waals surface area contributed by atoms with Crippen LogP contribution in [0.1, 0.15) is 6.42 Å². The van der Waals surface area contributed by atoms with Gasteiger partial charge in [-0.3, -0.25) is 4.90 Å². The van der Waals surface area contributed by atoms with Crippen LogP contribution in [-0.4, -0.2) is 37.1 Å². The second kappa shape index (κ2) is 3.87. The van der Waals surface area contributed by atoms with Gasteiger partial charge in [-0.15, -0.1) is 0 Å². The summed E-state index contributed by atoms with van der Waals surface area (Å²) in [7, 11) is 0. The predicted molar refractivity (Wildman–Crippen MR) is 51.1 cm³/mol. The van der Waals surface area contributed by atoms with Gasteiger partial charge in [-0.05, 0) is 6.42 Å². The fourth-order valence-corrected chi connectivity index (χ4v) is 1.85. The molecule has 66 valence electrons. The molecule has 2 aliphatic rings. The lowest BCUT2D eigenvalue weighted by Gasteiger charge is -2.33. The summed E-state index contributed by atoms with van der Waals surface area (Å²) in [4.78, 5) is 2.55. The summed E-state index contributed by atoms with van der Waals surface area (Å²) < 4.78 is 0. The number of rotatable bonds is 1. The van der Waals surface area contributed by atoms with Gasteiger partial charge in [0.15, 0.2) is 0 Å². The van der Waals surface area contributed by atoms with Gasteiger partial charge in [0.2, 0.25) is 0 Å². The van der Waals surface area contributed by atoms with E-state index in [1.165, 1.54) is 19.5 Å². The summed E-state index contributed by atoms with van der Waals surface area (Å²) in [6.45, 7) is 4.69. The zero-order chi connectivity index (χ0) is 8.23. The van der Waals surface area contributed by atoms with E-state index in [2.05, 4.69) is 34.5 Å². The first kappa shape index (κ1) is 8.02. The standard InChI is InChI=1S/C10H16N2/c1-2-4-10(5-3-1)12-8-6-11-7-9-12/h1-4,10-11H,5-9H2/t10-/m1/s1. The van der Waals surface area contributed by atoms with Crippen molar-refractivity contribution >= 4 is 0 Å². The fourth-order valence-electron chi connectivity index (χ4n) is 1.85. The number of hydrogen-bond donors (Lipinski definition) is 1. The summed E-state index contributed by atoms with van der Waals surface area (Å²) in [6.07, 6.45) is 10.1. The summed E-state index contributed by atoms with van der Waals surface area (Å²) in [5.41, 5.74) is 0. The third-order valence-electron chi connectivity index (χ3n) is 2.58. The lowest BCUT2D eigenvalue weighted by Crippen LogP contribution is -2.47. The quantitative estimate of drug-likeness (QED) is 0.616. The third kappa shape index (κ3) is 1.76. The molecule has 2 nitrogen and oxygen atoms in total. The number of piperazine rings is 1. The zero-order valence-corrected chi connectivity index (χ0v) is 7.37. The molecule has 0 aromatic carbocycles. The second-order valence-corrected chi connectivity index (χ2v) is 3.40. The molecule has 12 heavy (non-hydrogen) atoms. The van der Waals surface area contributed by atoms with Crippen LogP contribution in [0.2, 0.25) is 0 Å². The van der Waals surface area contributed by atoms with Crippen LogP contribution in [0.25, 0.3) is 0 Å². The summed E-state index contributed by atoms with van der Waals surface area (Å²) in [6, 6.07) is 0.664. The number of nitrogens with zero attached hydrogens (tertiary/aromatic N) is 1. The zero-order valence-electron chi connectivity index (χ0n) is 7.37. The van der Waals surface area contributed by atoms with Crippen molar-refractivity contribution in [2.24, 2.45) is 0 Å². The third-order valence-corrected chi connectivity index (χ3v) is 2.58. The highest BCUT2D eigenvalue weighted by atomic mass is 15.2. The van der Waals surface area contributed by atoms with E-state index in [4.69, 9.17) is 0 Å². The first-order valence-corrected chi connectivity index (χ1v) is 4.75. The van der Waals surface area contributed by atoms with Gasteiger partial charge >= 0.3 is 0 Å². The number of allylic oxidation sites excluding steroid dienone is 2. The molecule has 0 amide bonds. The second-order valence-electron chi connectivity index (χ2n) is 3.40. The molecule has 2 heteroatoms. The van der Waals surface area contributed by atoms with Crippen LogP contribution in [0.15, 0.2) is 24.3 Å². The van der Waals surface area contributed by atoms with E-state index in [0.717, 1.165) is 13.1 Å². The van der Waals surface area contributed by atoms with Gasteiger partial charge in [-0.2, -0.15) is 0 Å². The molecule has 0 aromatic heterocycles. The van der Waals surface area contributed by atoms with E-state index in [1.807, 2.05) is 0 Å². The van der Waals surface area contributed by atoms with E-state index >= 15 is 0 Å². The van der Waals surface area contributed by atoms with Crippen LogP contribution in [0.3, 0.4) is 0 Å². The molecule has 2 rings (SSSR count). The Hall–Kier alpha value is -0.600. The predicted octanol–water partition coefficient (Wildman–Crippen LogP) is 0.776. The molecule has 0 saturated carbocycles. The molecule has 1 heterocycles. The van der Waals surface area contributed by atoms with Gasteiger partial charge in [-0.25, -0.2) is 0 Å². The van der Waals surface area contributed by atoms with Gasteiger partial charge < -0.3 is 5.32 Å². The van der Waals surface area contributed by atoms with Crippen molar-refractivity contribution in [3.8, 4) is 0 Å². The van der Waals surface area contributed by atoms with Crippen LogP contribution in [-0.2, 0) is 0 Å². The first-order valence-electron chi connectivity index (χ1n) is 4.75. The van der Waals surface area contributed by atoms with Gasteiger partial charge in [0.05, 0.1) is 0 Å². The normalized spacial score (nSPS) is 30.8. The minimum atomic E-state index is 0.664. The van der Waals surface area contributed by atoms with Crippen molar-refractivity contribution in [1.29, 1.82) is 0 Å². The van der Waals surface area contributed by atoms with Crippen molar-refractivity contribution in [3.05, 3.63) is 24.3 Å². The molecule has 1 fully saturated rings. The molecule has 1 N–H and O–H groups in total. The van der Waals surface area contributed by atoms with Crippen molar-refractivity contribution in [2.45, 2.75) is 12.5 Å². The van der Waals surface area contributed by atoms with Crippen LogP contribution >= 0.6 is 0 Å². The van der Waals surface area contributed by atoms with Crippen LogP contribution in [0.5, 0.6) is 0 Å². The molecule has 0 unspecified atom stereocenters. The highest BCUT2D eigenvalue weighted by molar-refractivity contribution is 5.14. The highest BCUT2D eigenvalue weighted by Crippen LogP contribution is 2.11. The number of nitrogens with one attached hydrogen (secondary N) is 1. The Labute approximate surface area is 73.9 Å². The van der Waals surface area contributed by atoms with Gasteiger partial charge in [0.1, 0.15) is 0 Å². The maximum absolute atomic E-state index is 3.37. The smallest absolute Gasteiger partial charge is 0.0316 e. The Bertz CT molecular complexity index is 190. The molecule has 0 aromatic rings. The van der Waals surface area contributed by atoms with Crippen LogP contribution in [0, 0.1) is 0 Å². The van der Waals surface area contributed by atoms with E-state index in [9.17, 15) is 0 Å². The van der Waals surface area contributed by atoms with E-state index in [0.29, 0.717) is 6.04 Å². The van der Waals surface area contributed by atoms with Crippen molar-refractivity contribution in [3.63, 3.8) is 0 Å². The minimum Gasteiger partial charge on any atom is -0.314 e. The lowest BCUT2D eigenvalue weighted by atomic mass is 10.1. The van der Waals surface area contributed by atoms with E-state index < -0.39 is 0 Å². The molecule has 1 aliphatic carbocycles. The molecule has 0 bridgehead atoms. The lowest BCUT2D eigenvalue weighted by molar-refractivity contribution is 0.202. The molecule has 0 spiro atoms. The Balaban J connectivity index is 1.90. The monoisotopic (exact) mass is 164 g/mol. The average molecular weight is 164 g/mol. The maximum Gasteiger partial charge on any atom is 0.0316 e. The van der Waals surface area contributed by atoms with Crippen LogP contribution < -0.4 is 5.32 Å². The molecular weight excluding hydrogens is 148 g/mol. The maximum atomic E-state index is 3.37. The van der Waals surface area contributed by atoms with Gasteiger partial charge in [-0.1, -0.05) is 24.3 Å². The largest absolute Gasteiger partial charge is 0.314 e. The molecule has 1 saturated heterocycles. The topological polar surface area (TPSA) is 15.3 Å². The SMILES string of the molecule is C1=CC[C@H](N2CCNCC2)C=C1. The summed E-state index contributed by atoms with van der Waals surface area (Å²) >= 11 is 0. The molecule has 0 radical (unpaired) electrons. The van der Waals surface area contributed by atoms with Crippen LogP contribution in [0.4, 0.5) is 0 Å². The molecule has 1 atom stereocenters. The Morgan fingerprint density at radius 3 is 2.67 bits per heavy atom. The van der Waals surface area contributed by atoms with E-state index in [1.54, 1.807) is 0 Å². The van der Waals surface area contributed by atoms with E-state index in [-0.39, 0.29) is 0 Å². The number of hydrogen-bond acceptors (Lipinski definition) is 2.